The maximum absolute atomic E-state index is 13.3. The lowest BCUT2D eigenvalue weighted by Crippen LogP contribution is -2.45. The molecule has 0 unspecified atom stereocenters. The third-order valence-corrected chi connectivity index (χ3v) is 9.12. The van der Waals surface area contributed by atoms with E-state index in [9.17, 15) is 13.2 Å². The number of H-pyrrole nitrogens is 2. The molecule has 10 nitrogen and oxygen atoms in total. The van der Waals surface area contributed by atoms with Crippen molar-refractivity contribution in [3.05, 3.63) is 86.7 Å². The zero-order valence-electron chi connectivity index (χ0n) is 19.9. The van der Waals surface area contributed by atoms with Crippen LogP contribution in [0.15, 0.2) is 58.7 Å². The first kappa shape index (κ1) is 22.3. The Balaban J connectivity index is 1.21. The average Bonchev–Trinajstić information content (AvgIpc) is 3.43. The molecule has 1 saturated heterocycles. The van der Waals surface area contributed by atoms with Crippen LogP contribution in [0.2, 0.25) is 0 Å². The summed E-state index contributed by atoms with van der Waals surface area (Å²) in [5.41, 5.74) is 10.9. The Hall–Kier alpha value is -3.96. The van der Waals surface area contributed by atoms with Crippen molar-refractivity contribution in [2.75, 3.05) is 22.7 Å². The van der Waals surface area contributed by atoms with Crippen LogP contribution in [0.3, 0.4) is 0 Å². The van der Waals surface area contributed by atoms with Gasteiger partial charge in [-0.15, -0.1) is 0 Å². The molecule has 2 aromatic carbocycles. The molecular formula is C26H25N7O3S. The van der Waals surface area contributed by atoms with Crippen LogP contribution in [0.5, 0.6) is 0 Å². The van der Waals surface area contributed by atoms with Crippen molar-refractivity contribution in [2.24, 2.45) is 11.1 Å². The number of hydrogen-bond donors (Lipinski definition) is 4. The van der Waals surface area contributed by atoms with Gasteiger partial charge in [-0.1, -0.05) is 42.5 Å². The SMILES string of the molecule is N[C@@H]1c2ccccc2CC12CCN(c1nc3[nH]nc(C4=CS(=O)(=O)Nc5ccccc54)c3c(=O)[nH]1)CC2. The first-order valence-corrected chi connectivity index (χ1v) is 13.8. The van der Waals surface area contributed by atoms with Crippen molar-refractivity contribution in [1.29, 1.82) is 0 Å². The van der Waals surface area contributed by atoms with Crippen LogP contribution >= 0.6 is 0 Å². The number of aromatic nitrogens is 4. The number of nitrogens with zero attached hydrogens (tertiary/aromatic N) is 3. The van der Waals surface area contributed by atoms with Gasteiger partial charge in [-0.05, 0) is 41.9 Å². The number of anilines is 2. The lowest BCUT2D eigenvalue weighted by Gasteiger charge is -2.42. The van der Waals surface area contributed by atoms with Gasteiger partial charge in [0.25, 0.3) is 15.6 Å². The van der Waals surface area contributed by atoms with E-state index in [2.05, 4.69) is 48.0 Å². The van der Waals surface area contributed by atoms with Gasteiger partial charge in [0.05, 0.1) is 11.1 Å². The second-order valence-corrected chi connectivity index (χ2v) is 11.6. The Bertz CT molecular complexity index is 1760. The molecule has 3 aliphatic rings. The summed E-state index contributed by atoms with van der Waals surface area (Å²) >= 11 is 0. The Labute approximate surface area is 212 Å². The van der Waals surface area contributed by atoms with Crippen molar-refractivity contribution >= 4 is 38.3 Å². The predicted molar refractivity (Wildman–Crippen MR) is 142 cm³/mol. The molecular weight excluding hydrogens is 490 g/mol. The fourth-order valence-corrected chi connectivity index (χ4v) is 7.22. The first-order chi connectivity index (χ1) is 17.8. The molecule has 1 fully saturated rings. The molecule has 0 saturated carbocycles. The van der Waals surface area contributed by atoms with E-state index in [-0.39, 0.29) is 28.1 Å². The lowest BCUT2D eigenvalue weighted by molar-refractivity contribution is 0.187. The largest absolute Gasteiger partial charge is 0.342 e. The summed E-state index contributed by atoms with van der Waals surface area (Å²) in [4.78, 5) is 23.0. The molecule has 2 aliphatic heterocycles. The van der Waals surface area contributed by atoms with E-state index < -0.39 is 10.0 Å². The summed E-state index contributed by atoms with van der Waals surface area (Å²) in [6, 6.07) is 15.4. The van der Waals surface area contributed by atoms with E-state index in [0.717, 1.165) is 37.8 Å². The predicted octanol–water partition coefficient (Wildman–Crippen LogP) is 2.63. The van der Waals surface area contributed by atoms with Crippen LogP contribution in [0.1, 0.15) is 41.3 Å². The standard InChI is InChI=1S/C26H25N7O3S/c27-22-16-6-2-1-5-15(16)13-26(22)9-11-33(12-10-26)25-28-23-20(24(34)29-25)21(30-31-23)18-14-37(35,36)32-19-8-4-3-7-17(18)19/h1-8,14,22,32H,9-13,27H2,(H2,28,29,30,31,34)/t22-/m1/s1. The van der Waals surface area contributed by atoms with Crippen LogP contribution in [-0.2, 0) is 16.4 Å². The highest BCUT2D eigenvalue weighted by Gasteiger charge is 2.46. The van der Waals surface area contributed by atoms with E-state index >= 15 is 0 Å². The van der Waals surface area contributed by atoms with Crippen molar-refractivity contribution in [2.45, 2.75) is 25.3 Å². The normalized spacial score (nSPS) is 21.4. The molecule has 1 spiro atoms. The molecule has 188 valence electrons. The molecule has 0 bridgehead atoms. The molecule has 0 radical (unpaired) electrons. The fourth-order valence-electron chi connectivity index (χ4n) is 6.13. The zero-order chi connectivity index (χ0) is 25.4. The molecule has 37 heavy (non-hydrogen) atoms. The van der Waals surface area contributed by atoms with Crippen LogP contribution in [0.25, 0.3) is 16.6 Å². The fraction of sp³-hybridized carbons (Fsp3) is 0.269. The van der Waals surface area contributed by atoms with Crippen LogP contribution in [0.4, 0.5) is 11.6 Å². The highest BCUT2D eigenvalue weighted by atomic mass is 32.2. The number of para-hydroxylation sites is 1. The summed E-state index contributed by atoms with van der Waals surface area (Å²) in [6.45, 7) is 1.44. The molecule has 4 heterocycles. The molecule has 5 N–H and O–H groups in total. The van der Waals surface area contributed by atoms with E-state index in [0.29, 0.717) is 28.4 Å². The van der Waals surface area contributed by atoms with E-state index in [1.54, 1.807) is 24.3 Å². The monoisotopic (exact) mass is 515 g/mol. The van der Waals surface area contributed by atoms with E-state index in [1.807, 2.05) is 6.07 Å². The molecule has 0 amide bonds. The number of hydrogen-bond acceptors (Lipinski definition) is 7. The van der Waals surface area contributed by atoms with Crippen LogP contribution in [0, 0.1) is 5.41 Å². The highest BCUT2D eigenvalue weighted by Crippen LogP contribution is 2.50. The second kappa shape index (κ2) is 7.77. The minimum Gasteiger partial charge on any atom is -0.342 e. The Morgan fingerprint density at radius 3 is 2.62 bits per heavy atom. The van der Waals surface area contributed by atoms with Crippen molar-refractivity contribution in [3.63, 3.8) is 0 Å². The summed E-state index contributed by atoms with van der Waals surface area (Å²) in [5, 5.41) is 8.49. The van der Waals surface area contributed by atoms with Crippen molar-refractivity contribution in [1.82, 2.24) is 20.2 Å². The maximum atomic E-state index is 13.3. The number of sulfonamides is 1. The number of nitrogens with one attached hydrogen (secondary N) is 3. The lowest BCUT2D eigenvalue weighted by atomic mass is 9.73. The van der Waals surface area contributed by atoms with Gasteiger partial charge in [0.1, 0.15) is 11.1 Å². The summed E-state index contributed by atoms with van der Waals surface area (Å²) in [7, 11) is -3.73. The average molecular weight is 516 g/mol. The van der Waals surface area contributed by atoms with Crippen LogP contribution < -0.4 is 20.9 Å². The number of benzene rings is 2. The first-order valence-electron chi connectivity index (χ1n) is 12.2. The molecule has 7 rings (SSSR count). The number of fused-ring (bicyclic) bond motifs is 3. The topological polar surface area (TPSA) is 150 Å². The maximum Gasteiger partial charge on any atom is 0.264 e. The number of piperidine rings is 1. The second-order valence-electron chi connectivity index (χ2n) is 10.1. The summed E-state index contributed by atoms with van der Waals surface area (Å²) < 4.78 is 27.4. The third kappa shape index (κ3) is 3.41. The van der Waals surface area contributed by atoms with E-state index in [4.69, 9.17) is 5.73 Å². The van der Waals surface area contributed by atoms with Gasteiger partial charge < -0.3 is 10.6 Å². The van der Waals surface area contributed by atoms with Gasteiger partial charge in [0, 0.05) is 30.3 Å². The van der Waals surface area contributed by atoms with E-state index in [1.165, 1.54) is 11.1 Å². The van der Waals surface area contributed by atoms with Gasteiger partial charge in [-0.3, -0.25) is 19.6 Å². The van der Waals surface area contributed by atoms with Gasteiger partial charge in [0.2, 0.25) is 5.95 Å². The minimum absolute atomic E-state index is 0.00733. The van der Waals surface area contributed by atoms with Gasteiger partial charge in [-0.25, -0.2) is 8.42 Å². The number of nitrogens with two attached hydrogens (primary N) is 1. The quantitative estimate of drug-likeness (QED) is 0.320. The smallest absolute Gasteiger partial charge is 0.264 e. The van der Waals surface area contributed by atoms with Gasteiger partial charge in [0.15, 0.2) is 5.65 Å². The third-order valence-electron chi connectivity index (χ3n) is 8.07. The molecule has 4 aromatic rings. The molecule has 1 atom stereocenters. The van der Waals surface area contributed by atoms with Crippen LogP contribution in [-0.4, -0.2) is 41.7 Å². The zero-order valence-corrected chi connectivity index (χ0v) is 20.7. The van der Waals surface area contributed by atoms with Gasteiger partial charge >= 0.3 is 0 Å². The highest BCUT2D eigenvalue weighted by molar-refractivity contribution is 7.95. The minimum atomic E-state index is -3.73. The van der Waals surface area contributed by atoms with Crippen molar-refractivity contribution < 1.29 is 8.42 Å². The number of rotatable bonds is 2. The Morgan fingerprint density at radius 2 is 1.81 bits per heavy atom. The summed E-state index contributed by atoms with van der Waals surface area (Å²) in [6.07, 6.45) is 2.76. The Kier molecular flexibility index (Phi) is 4.67. The number of aromatic amines is 2. The van der Waals surface area contributed by atoms with Crippen molar-refractivity contribution in [3.8, 4) is 0 Å². The molecule has 1 aliphatic carbocycles. The van der Waals surface area contributed by atoms with Gasteiger partial charge in [-0.2, -0.15) is 10.1 Å². The molecule has 2 aromatic heterocycles. The summed E-state index contributed by atoms with van der Waals surface area (Å²) in [5.74, 6) is 0.471. The molecule has 11 heteroatoms. The Morgan fingerprint density at radius 1 is 1.05 bits per heavy atom.